The third-order valence-electron chi connectivity index (χ3n) is 1.00. The first-order valence-corrected chi connectivity index (χ1v) is 4.23. The fourth-order valence-electron chi connectivity index (χ4n) is 0.518. The zero-order valence-corrected chi connectivity index (χ0v) is 8.58. The summed E-state index contributed by atoms with van der Waals surface area (Å²) < 4.78 is 10.1. The van der Waals surface area contributed by atoms with Crippen molar-refractivity contribution in [3.05, 3.63) is 12.7 Å². The largest absolute Gasteiger partial charge is 0.366 e. The summed E-state index contributed by atoms with van der Waals surface area (Å²) in [5, 5.41) is 0. The Morgan fingerprint density at radius 2 is 1.77 bits per heavy atom. The van der Waals surface area contributed by atoms with Crippen LogP contribution >= 0.6 is 0 Å². The molecule has 0 aromatic heterocycles. The minimum absolute atomic E-state index is 0.0370. The summed E-state index contributed by atoms with van der Waals surface area (Å²) >= 11 is 0. The van der Waals surface area contributed by atoms with Gasteiger partial charge in [0.15, 0.2) is 6.29 Å². The van der Waals surface area contributed by atoms with Crippen LogP contribution in [0.15, 0.2) is 12.7 Å². The number of hydrogen-bond donors (Lipinski definition) is 1. The van der Waals surface area contributed by atoms with E-state index in [-0.39, 0.29) is 6.29 Å². The molecule has 2 N–H and O–H groups in total. The maximum Gasteiger partial charge on any atom is 0.240 e. The molecule has 78 valence electrons. The van der Waals surface area contributed by atoms with E-state index in [0.717, 1.165) is 19.3 Å². The molecular weight excluding hydrogens is 170 g/mol. The highest BCUT2D eigenvalue weighted by atomic mass is 16.7. The predicted octanol–water partition coefficient (Wildman–Crippen LogP) is 1.06. The lowest BCUT2D eigenvalue weighted by Gasteiger charge is -2.09. The zero-order valence-electron chi connectivity index (χ0n) is 8.58. The molecular formula is C9H19NO3. The molecule has 0 heterocycles. The molecule has 4 nitrogen and oxygen atoms in total. The molecule has 0 unspecified atom stereocenters. The second-order valence-electron chi connectivity index (χ2n) is 2.08. The van der Waals surface area contributed by atoms with Crippen molar-refractivity contribution in [2.75, 3.05) is 13.2 Å². The van der Waals surface area contributed by atoms with Gasteiger partial charge in [-0.2, -0.15) is 0 Å². The number of ether oxygens (including phenoxy) is 2. The van der Waals surface area contributed by atoms with Crippen LogP contribution in [0.4, 0.5) is 0 Å². The van der Waals surface area contributed by atoms with Gasteiger partial charge in [0.2, 0.25) is 5.91 Å². The highest BCUT2D eigenvalue weighted by molar-refractivity contribution is 5.84. The first-order chi connectivity index (χ1) is 6.08. The number of amides is 1. The van der Waals surface area contributed by atoms with Crippen LogP contribution in [0.3, 0.4) is 0 Å². The third-order valence-corrected chi connectivity index (χ3v) is 1.00. The number of nitrogens with two attached hydrogens (primary N) is 1. The molecule has 0 rings (SSSR count). The van der Waals surface area contributed by atoms with Crippen LogP contribution in [0.1, 0.15) is 20.8 Å². The van der Waals surface area contributed by atoms with E-state index in [1.807, 2.05) is 20.8 Å². The standard InChI is InChI=1S/C6H14O2.C3H5NO/c1-4-7-6(3)8-5-2;1-2-3(4)5/h6H,4-5H2,1-3H3;2H,1H2,(H2,4,5). The lowest BCUT2D eigenvalue weighted by Crippen LogP contribution is -2.11. The topological polar surface area (TPSA) is 61.6 Å². The molecule has 13 heavy (non-hydrogen) atoms. The first-order valence-electron chi connectivity index (χ1n) is 4.23. The Hall–Kier alpha value is -0.870. The van der Waals surface area contributed by atoms with Crippen molar-refractivity contribution in [1.82, 2.24) is 0 Å². The summed E-state index contributed by atoms with van der Waals surface area (Å²) in [4.78, 5) is 9.47. The molecule has 0 aliphatic heterocycles. The van der Waals surface area contributed by atoms with E-state index in [4.69, 9.17) is 9.47 Å². The van der Waals surface area contributed by atoms with Crippen molar-refractivity contribution >= 4 is 5.91 Å². The smallest absolute Gasteiger partial charge is 0.240 e. The zero-order chi connectivity index (χ0) is 10.7. The number of primary amides is 1. The van der Waals surface area contributed by atoms with Crippen molar-refractivity contribution in [3.8, 4) is 0 Å². The number of carbonyl (C=O) groups excluding carboxylic acids is 1. The van der Waals surface area contributed by atoms with Crippen LogP contribution in [0.5, 0.6) is 0 Å². The number of hydrogen-bond acceptors (Lipinski definition) is 3. The lowest BCUT2D eigenvalue weighted by atomic mass is 10.6. The van der Waals surface area contributed by atoms with Crippen LogP contribution < -0.4 is 5.73 Å². The van der Waals surface area contributed by atoms with E-state index in [2.05, 4.69) is 12.3 Å². The van der Waals surface area contributed by atoms with Gasteiger partial charge in [-0.3, -0.25) is 4.79 Å². The fraction of sp³-hybridized carbons (Fsp3) is 0.667. The highest BCUT2D eigenvalue weighted by Gasteiger charge is 1.94. The minimum atomic E-state index is -0.481. The monoisotopic (exact) mass is 189 g/mol. The Morgan fingerprint density at radius 3 is 1.92 bits per heavy atom. The van der Waals surface area contributed by atoms with Gasteiger partial charge < -0.3 is 15.2 Å². The van der Waals surface area contributed by atoms with Gasteiger partial charge in [0.05, 0.1) is 0 Å². The van der Waals surface area contributed by atoms with Crippen molar-refractivity contribution in [3.63, 3.8) is 0 Å². The van der Waals surface area contributed by atoms with Gasteiger partial charge in [-0.25, -0.2) is 0 Å². The van der Waals surface area contributed by atoms with E-state index in [9.17, 15) is 4.79 Å². The van der Waals surface area contributed by atoms with Crippen LogP contribution in [-0.4, -0.2) is 25.4 Å². The second kappa shape index (κ2) is 11.1. The van der Waals surface area contributed by atoms with E-state index < -0.39 is 5.91 Å². The summed E-state index contributed by atoms with van der Waals surface area (Å²) in [6.07, 6.45) is 1.02. The second-order valence-corrected chi connectivity index (χ2v) is 2.08. The third kappa shape index (κ3) is 18.2. The summed E-state index contributed by atoms with van der Waals surface area (Å²) in [7, 11) is 0. The Bertz CT molecular complexity index is 131. The Kier molecular flexibility index (Phi) is 12.5. The summed E-state index contributed by atoms with van der Waals surface area (Å²) in [5.41, 5.74) is 4.53. The van der Waals surface area contributed by atoms with Gasteiger partial charge in [0, 0.05) is 13.2 Å². The van der Waals surface area contributed by atoms with Gasteiger partial charge >= 0.3 is 0 Å². The predicted molar refractivity (Wildman–Crippen MR) is 52.1 cm³/mol. The Balaban J connectivity index is 0. The highest BCUT2D eigenvalue weighted by Crippen LogP contribution is 1.90. The van der Waals surface area contributed by atoms with Gasteiger partial charge in [0.25, 0.3) is 0 Å². The molecule has 0 spiro atoms. The molecule has 4 heteroatoms. The molecule has 0 aromatic carbocycles. The summed E-state index contributed by atoms with van der Waals surface area (Å²) in [5.74, 6) is -0.481. The quantitative estimate of drug-likeness (QED) is 0.519. The van der Waals surface area contributed by atoms with E-state index in [1.165, 1.54) is 0 Å². The molecule has 0 fully saturated rings. The fourth-order valence-corrected chi connectivity index (χ4v) is 0.518. The van der Waals surface area contributed by atoms with Gasteiger partial charge in [-0.1, -0.05) is 6.58 Å². The normalized spacial score (nSPS) is 8.92. The van der Waals surface area contributed by atoms with E-state index in [1.54, 1.807) is 0 Å². The van der Waals surface area contributed by atoms with Crippen molar-refractivity contribution in [2.45, 2.75) is 27.1 Å². The maximum atomic E-state index is 9.47. The van der Waals surface area contributed by atoms with Crippen molar-refractivity contribution in [1.29, 1.82) is 0 Å². The molecule has 0 saturated heterocycles. The van der Waals surface area contributed by atoms with Crippen molar-refractivity contribution in [2.24, 2.45) is 5.73 Å². The van der Waals surface area contributed by atoms with Gasteiger partial charge in [0.1, 0.15) is 0 Å². The average Bonchev–Trinajstić information content (AvgIpc) is 2.06. The number of rotatable bonds is 5. The van der Waals surface area contributed by atoms with Crippen LogP contribution in [0, 0.1) is 0 Å². The molecule has 0 aliphatic carbocycles. The Labute approximate surface area is 79.7 Å². The average molecular weight is 189 g/mol. The minimum Gasteiger partial charge on any atom is -0.366 e. The van der Waals surface area contributed by atoms with Gasteiger partial charge in [-0.05, 0) is 26.8 Å². The van der Waals surface area contributed by atoms with E-state index >= 15 is 0 Å². The Morgan fingerprint density at radius 1 is 1.46 bits per heavy atom. The number of carbonyl (C=O) groups is 1. The maximum absolute atomic E-state index is 9.47. The molecule has 0 atom stereocenters. The molecule has 1 amide bonds. The van der Waals surface area contributed by atoms with Crippen LogP contribution in [-0.2, 0) is 14.3 Å². The van der Waals surface area contributed by atoms with Crippen LogP contribution in [0.2, 0.25) is 0 Å². The summed E-state index contributed by atoms with van der Waals surface area (Å²) in [6.45, 7) is 10.3. The SMILES string of the molecule is C=CC(N)=O.CCOC(C)OCC. The van der Waals surface area contributed by atoms with Gasteiger partial charge in [-0.15, -0.1) is 0 Å². The summed E-state index contributed by atoms with van der Waals surface area (Å²) in [6, 6.07) is 0. The first kappa shape index (κ1) is 14.6. The van der Waals surface area contributed by atoms with Crippen molar-refractivity contribution < 1.29 is 14.3 Å². The molecule has 0 aliphatic rings. The molecule has 0 bridgehead atoms. The van der Waals surface area contributed by atoms with E-state index in [0.29, 0.717) is 0 Å². The lowest BCUT2D eigenvalue weighted by molar-refractivity contribution is -0.123. The molecule has 0 aromatic rings. The molecule has 0 radical (unpaired) electrons. The van der Waals surface area contributed by atoms with Crippen LogP contribution in [0.25, 0.3) is 0 Å². The molecule has 0 saturated carbocycles.